The van der Waals surface area contributed by atoms with Gasteiger partial charge in [0.2, 0.25) is 0 Å². The number of nitrogens with zero attached hydrogens (tertiary/aromatic N) is 2. The highest BCUT2D eigenvalue weighted by atomic mass is 79.9. The average Bonchev–Trinajstić information content (AvgIpc) is 2.28. The Labute approximate surface area is 115 Å². The highest BCUT2D eigenvalue weighted by molar-refractivity contribution is 9.10. The molecule has 0 spiro atoms. The normalized spacial score (nSPS) is 10.5. The van der Waals surface area contributed by atoms with E-state index in [1.54, 1.807) is 0 Å². The van der Waals surface area contributed by atoms with Crippen molar-refractivity contribution >= 4 is 37.7 Å². The molecule has 0 saturated carbocycles. The molecule has 0 bridgehead atoms. The Hall–Kier alpha value is -0.0900. The standard InChI is InChI=1S/C12H18Br2N2/c1-3-4-8-16(9-6-13)12-11(14)10(2)5-7-15-12/h5,7H,3-4,6,8-9H2,1-2H3. The molecule has 0 saturated heterocycles. The molecule has 0 aliphatic carbocycles. The molecular weight excluding hydrogens is 332 g/mol. The fourth-order valence-electron chi connectivity index (χ4n) is 1.52. The molecule has 0 atom stereocenters. The molecule has 0 aromatic carbocycles. The predicted molar refractivity (Wildman–Crippen MR) is 77.6 cm³/mol. The Balaban J connectivity index is 2.86. The Kier molecular flexibility index (Phi) is 6.36. The van der Waals surface area contributed by atoms with Crippen molar-refractivity contribution in [2.75, 3.05) is 23.3 Å². The molecule has 0 unspecified atom stereocenters. The van der Waals surface area contributed by atoms with Crippen LogP contribution in [0, 0.1) is 6.92 Å². The second-order valence-corrected chi connectivity index (χ2v) is 5.38. The summed E-state index contributed by atoms with van der Waals surface area (Å²) >= 11 is 7.12. The number of rotatable bonds is 6. The Morgan fingerprint density at radius 3 is 2.75 bits per heavy atom. The summed E-state index contributed by atoms with van der Waals surface area (Å²) < 4.78 is 1.12. The lowest BCUT2D eigenvalue weighted by Gasteiger charge is -2.24. The highest BCUT2D eigenvalue weighted by Gasteiger charge is 2.11. The summed E-state index contributed by atoms with van der Waals surface area (Å²) in [5.41, 5.74) is 1.24. The van der Waals surface area contributed by atoms with Gasteiger partial charge in [0.1, 0.15) is 5.82 Å². The Morgan fingerprint density at radius 2 is 2.12 bits per heavy atom. The first-order chi connectivity index (χ1) is 7.70. The molecule has 2 nitrogen and oxygen atoms in total. The molecule has 0 aliphatic rings. The van der Waals surface area contributed by atoms with Gasteiger partial charge in [0, 0.05) is 24.6 Å². The number of hydrogen-bond donors (Lipinski definition) is 0. The van der Waals surface area contributed by atoms with E-state index >= 15 is 0 Å². The topological polar surface area (TPSA) is 16.1 Å². The van der Waals surface area contributed by atoms with Crippen molar-refractivity contribution in [3.05, 3.63) is 22.3 Å². The van der Waals surface area contributed by atoms with Crippen LogP contribution in [0.4, 0.5) is 5.82 Å². The molecule has 1 aromatic heterocycles. The van der Waals surface area contributed by atoms with Gasteiger partial charge in [-0.25, -0.2) is 4.98 Å². The molecule has 0 amide bonds. The quantitative estimate of drug-likeness (QED) is 0.717. The minimum atomic E-state index is 0.971. The minimum absolute atomic E-state index is 0.971. The molecule has 1 aromatic rings. The van der Waals surface area contributed by atoms with Crippen LogP contribution in [0.15, 0.2) is 16.7 Å². The maximum absolute atomic E-state index is 4.47. The van der Waals surface area contributed by atoms with E-state index in [0.717, 1.165) is 28.7 Å². The van der Waals surface area contributed by atoms with Crippen molar-refractivity contribution in [2.24, 2.45) is 0 Å². The van der Waals surface area contributed by atoms with Gasteiger partial charge in [-0.3, -0.25) is 0 Å². The zero-order valence-corrected chi connectivity index (χ0v) is 13.0. The van der Waals surface area contributed by atoms with E-state index in [1.165, 1.54) is 18.4 Å². The first-order valence-corrected chi connectivity index (χ1v) is 7.54. The number of unbranched alkanes of at least 4 members (excludes halogenated alkanes) is 1. The van der Waals surface area contributed by atoms with E-state index in [1.807, 2.05) is 12.3 Å². The second-order valence-electron chi connectivity index (χ2n) is 3.80. The minimum Gasteiger partial charge on any atom is -0.355 e. The first-order valence-electron chi connectivity index (χ1n) is 5.62. The van der Waals surface area contributed by atoms with E-state index in [0.29, 0.717) is 0 Å². The third-order valence-electron chi connectivity index (χ3n) is 2.50. The lowest BCUT2D eigenvalue weighted by Crippen LogP contribution is -2.27. The van der Waals surface area contributed by atoms with Gasteiger partial charge < -0.3 is 4.90 Å². The van der Waals surface area contributed by atoms with Crippen molar-refractivity contribution in [1.29, 1.82) is 0 Å². The fraction of sp³-hybridized carbons (Fsp3) is 0.583. The van der Waals surface area contributed by atoms with Crippen LogP contribution in [0.3, 0.4) is 0 Å². The number of pyridine rings is 1. The maximum atomic E-state index is 4.47. The summed E-state index contributed by atoms with van der Waals surface area (Å²) in [4.78, 5) is 6.80. The van der Waals surface area contributed by atoms with E-state index in [9.17, 15) is 0 Å². The van der Waals surface area contributed by atoms with E-state index in [2.05, 4.69) is 55.6 Å². The van der Waals surface area contributed by atoms with Crippen LogP contribution < -0.4 is 4.90 Å². The summed E-state index contributed by atoms with van der Waals surface area (Å²) in [6.45, 7) is 6.37. The summed E-state index contributed by atoms with van der Waals surface area (Å²) in [6, 6.07) is 2.03. The van der Waals surface area contributed by atoms with Gasteiger partial charge in [0.05, 0.1) is 4.47 Å². The SMILES string of the molecule is CCCCN(CCBr)c1nccc(C)c1Br. The molecule has 1 rings (SSSR count). The first kappa shape index (κ1) is 14.0. The molecule has 4 heteroatoms. The lowest BCUT2D eigenvalue weighted by atomic mass is 10.2. The van der Waals surface area contributed by atoms with E-state index in [4.69, 9.17) is 0 Å². The molecule has 0 aliphatic heterocycles. The molecular formula is C12H18Br2N2. The van der Waals surface area contributed by atoms with Gasteiger partial charge in [-0.2, -0.15) is 0 Å². The van der Waals surface area contributed by atoms with Crippen molar-refractivity contribution in [3.63, 3.8) is 0 Å². The second kappa shape index (κ2) is 7.28. The van der Waals surface area contributed by atoms with Gasteiger partial charge >= 0.3 is 0 Å². The molecule has 90 valence electrons. The zero-order valence-electron chi connectivity index (χ0n) is 9.84. The van der Waals surface area contributed by atoms with Crippen molar-refractivity contribution in [1.82, 2.24) is 4.98 Å². The number of halogens is 2. The average molecular weight is 350 g/mol. The number of aryl methyl sites for hydroxylation is 1. The van der Waals surface area contributed by atoms with E-state index in [-0.39, 0.29) is 0 Å². The van der Waals surface area contributed by atoms with Crippen molar-refractivity contribution in [2.45, 2.75) is 26.7 Å². The van der Waals surface area contributed by atoms with Crippen LogP contribution in [-0.4, -0.2) is 23.4 Å². The number of aromatic nitrogens is 1. The molecule has 16 heavy (non-hydrogen) atoms. The monoisotopic (exact) mass is 348 g/mol. The van der Waals surface area contributed by atoms with E-state index < -0.39 is 0 Å². The summed E-state index contributed by atoms with van der Waals surface area (Å²) in [5, 5.41) is 0.971. The number of alkyl halides is 1. The van der Waals surface area contributed by atoms with Crippen LogP contribution in [-0.2, 0) is 0 Å². The number of anilines is 1. The summed E-state index contributed by atoms with van der Waals surface area (Å²) in [5.74, 6) is 1.06. The van der Waals surface area contributed by atoms with Gasteiger partial charge in [-0.05, 0) is 40.9 Å². The molecule has 1 heterocycles. The lowest BCUT2D eigenvalue weighted by molar-refractivity contribution is 0.726. The van der Waals surface area contributed by atoms with Crippen molar-refractivity contribution in [3.8, 4) is 0 Å². The summed E-state index contributed by atoms with van der Waals surface area (Å²) in [6.07, 6.45) is 4.29. The third kappa shape index (κ3) is 3.74. The predicted octanol–water partition coefficient (Wildman–Crippen LogP) is 4.15. The Morgan fingerprint density at radius 1 is 1.38 bits per heavy atom. The molecule has 0 N–H and O–H groups in total. The van der Waals surface area contributed by atoms with Gasteiger partial charge in [0.25, 0.3) is 0 Å². The van der Waals surface area contributed by atoms with Crippen LogP contribution in [0.5, 0.6) is 0 Å². The fourth-order valence-corrected chi connectivity index (χ4v) is 2.43. The van der Waals surface area contributed by atoms with Crippen LogP contribution in [0.1, 0.15) is 25.3 Å². The molecule has 0 fully saturated rings. The largest absolute Gasteiger partial charge is 0.355 e. The highest BCUT2D eigenvalue weighted by Crippen LogP contribution is 2.27. The molecule has 0 radical (unpaired) electrons. The summed E-state index contributed by atoms with van der Waals surface area (Å²) in [7, 11) is 0. The van der Waals surface area contributed by atoms with Crippen LogP contribution >= 0.6 is 31.9 Å². The van der Waals surface area contributed by atoms with Gasteiger partial charge in [-0.15, -0.1) is 0 Å². The van der Waals surface area contributed by atoms with Gasteiger partial charge in [0.15, 0.2) is 0 Å². The number of hydrogen-bond acceptors (Lipinski definition) is 2. The van der Waals surface area contributed by atoms with Crippen LogP contribution in [0.2, 0.25) is 0 Å². The Bertz CT molecular complexity index is 329. The maximum Gasteiger partial charge on any atom is 0.143 e. The zero-order chi connectivity index (χ0) is 12.0. The van der Waals surface area contributed by atoms with Crippen molar-refractivity contribution < 1.29 is 0 Å². The van der Waals surface area contributed by atoms with Crippen LogP contribution in [0.25, 0.3) is 0 Å². The third-order valence-corrected chi connectivity index (χ3v) is 3.83. The van der Waals surface area contributed by atoms with Gasteiger partial charge in [-0.1, -0.05) is 29.3 Å². The smallest absolute Gasteiger partial charge is 0.143 e.